The van der Waals surface area contributed by atoms with Crippen molar-refractivity contribution in [1.82, 2.24) is 4.90 Å². The Kier molecular flexibility index (Phi) is 8.19. The van der Waals surface area contributed by atoms with Gasteiger partial charge in [-0.3, -0.25) is 4.79 Å². The van der Waals surface area contributed by atoms with Gasteiger partial charge in [0.15, 0.2) is 0 Å². The molecule has 2 aliphatic rings. The summed E-state index contributed by atoms with van der Waals surface area (Å²) in [5.74, 6) is 2.26. The Hall–Kier alpha value is -1.30. The van der Waals surface area contributed by atoms with Crippen molar-refractivity contribution in [2.45, 2.75) is 38.1 Å². The first-order valence-corrected chi connectivity index (χ1v) is 9.41. The van der Waals surface area contributed by atoms with Gasteiger partial charge in [0.05, 0.1) is 13.2 Å². The lowest BCUT2D eigenvalue weighted by Crippen LogP contribution is -2.33. The summed E-state index contributed by atoms with van der Waals surface area (Å²) >= 11 is 0. The Labute approximate surface area is 162 Å². The third-order valence-corrected chi connectivity index (χ3v) is 5.59. The minimum atomic E-state index is 0. The van der Waals surface area contributed by atoms with Gasteiger partial charge >= 0.3 is 0 Å². The highest BCUT2D eigenvalue weighted by Gasteiger charge is 2.42. The van der Waals surface area contributed by atoms with E-state index in [-0.39, 0.29) is 24.4 Å². The number of carbonyl (C=O) groups is 1. The summed E-state index contributed by atoms with van der Waals surface area (Å²) in [5.41, 5.74) is 7.38. The number of carbonyl (C=O) groups excluding carboxylic acids is 1. The molecule has 0 aromatic heterocycles. The molecule has 0 radical (unpaired) electrons. The Morgan fingerprint density at radius 1 is 1.19 bits per heavy atom. The van der Waals surface area contributed by atoms with E-state index in [0.717, 1.165) is 44.7 Å². The van der Waals surface area contributed by atoms with Crippen LogP contribution in [-0.2, 0) is 16.0 Å². The number of rotatable bonds is 8. The van der Waals surface area contributed by atoms with Gasteiger partial charge in [0.1, 0.15) is 5.75 Å². The molecule has 1 aliphatic carbocycles. The number of ether oxygens (including phenoxy) is 2. The molecule has 1 saturated heterocycles. The number of likely N-dealkylation sites (tertiary alicyclic amines) is 1. The second-order valence-corrected chi connectivity index (χ2v) is 7.30. The van der Waals surface area contributed by atoms with Crippen LogP contribution in [0.3, 0.4) is 0 Å². The van der Waals surface area contributed by atoms with Crippen molar-refractivity contribution >= 4 is 18.3 Å². The van der Waals surface area contributed by atoms with E-state index in [9.17, 15) is 4.79 Å². The average Bonchev–Trinajstić information content (AvgIpc) is 3.20. The van der Waals surface area contributed by atoms with E-state index in [1.54, 1.807) is 7.11 Å². The number of hydrogen-bond donors (Lipinski definition) is 1. The van der Waals surface area contributed by atoms with Crippen molar-refractivity contribution in [2.24, 2.45) is 17.6 Å². The quantitative estimate of drug-likeness (QED) is 0.702. The van der Waals surface area contributed by atoms with Gasteiger partial charge in [-0.05, 0) is 55.2 Å². The van der Waals surface area contributed by atoms with Crippen molar-refractivity contribution in [3.05, 3.63) is 29.8 Å². The van der Waals surface area contributed by atoms with E-state index in [1.807, 2.05) is 17.0 Å². The van der Waals surface area contributed by atoms with Crippen LogP contribution in [0.4, 0.5) is 0 Å². The first-order valence-electron chi connectivity index (χ1n) is 9.41. The molecule has 2 fully saturated rings. The monoisotopic (exact) mass is 382 g/mol. The number of benzene rings is 1. The SMILES string of the molecule is COCCc1ccc(OCCCC(=O)N2CC3CCC(N)C3C2)cc1.Cl. The molecule has 1 amide bonds. The average molecular weight is 383 g/mol. The van der Waals surface area contributed by atoms with Gasteiger partial charge in [0, 0.05) is 32.7 Å². The van der Waals surface area contributed by atoms with Gasteiger partial charge in [-0.15, -0.1) is 12.4 Å². The lowest BCUT2D eigenvalue weighted by atomic mass is 9.98. The molecule has 1 heterocycles. The number of halogens is 1. The zero-order valence-corrected chi connectivity index (χ0v) is 16.4. The maximum atomic E-state index is 12.4. The van der Waals surface area contributed by atoms with Gasteiger partial charge in [0.2, 0.25) is 5.91 Å². The van der Waals surface area contributed by atoms with Gasteiger partial charge in [-0.25, -0.2) is 0 Å². The van der Waals surface area contributed by atoms with E-state index in [1.165, 1.54) is 12.0 Å². The van der Waals surface area contributed by atoms with Crippen LogP contribution in [0.5, 0.6) is 5.75 Å². The molecule has 5 nitrogen and oxygen atoms in total. The molecule has 0 spiro atoms. The van der Waals surface area contributed by atoms with Gasteiger partial charge < -0.3 is 20.1 Å². The fourth-order valence-electron chi connectivity index (χ4n) is 4.05. The molecule has 1 aliphatic heterocycles. The van der Waals surface area contributed by atoms with Crippen LogP contribution in [0, 0.1) is 11.8 Å². The molecule has 3 unspecified atom stereocenters. The molecule has 2 N–H and O–H groups in total. The second-order valence-electron chi connectivity index (χ2n) is 7.30. The summed E-state index contributed by atoms with van der Waals surface area (Å²) < 4.78 is 10.8. The Balaban J connectivity index is 0.00000243. The molecule has 3 atom stereocenters. The predicted molar refractivity (Wildman–Crippen MR) is 105 cm³/mol. The standard InChI is InChI=1S/C20H30N2O3.ClH/c1-24-12-10-15-4-7-17(8-5-15)25-11-2-3-20(23)22-13-16-6-9-19(21)18(16)14-22;/h4-5,7-8,16,18-19H,2-3,6,9-14,21H2,1H3;1H. The van der Waals surface area contributed by atoms with Crippen LogP contribution >= 0.6 is 12.4 Å². The normalized spacial score (nSPS) is 24.2. The van der Waals surface area contributed by atoms with Crippen molar-refractivity contribution in [1.29, 1.82) is 0 Å². The zero-order chi connectivity index (χ0) is 17.6. The van der Waals surface area contributed by atoms with Gasteiger partial charge in [-0.2, -0.15) is 0 Å². The topological polar surface area (TPSA) is 64.8 Å². The number of nitrogens with two attached hydrogens (primary N) is 1. The van der Waals surface area contributed by atoms with Crippen LogP contribution in [0.15, 0.2) is 24.3 Å². The Morgan fingerprint density at radius 2 is 1.96 bits per heavy atom. The molecular formula is C20H31ClN2O3. The molecule has 1 aromatic carbocycles. The van der Waals surface area contributed by atoms with Crippen LogP contribution in [0.1, 0.15) is 31.2 Å². The number of fused-ring (bicyclic) bond motifs is 1. The minimum absolute atomic E-state index is 0. The highest BCUT2D eigenvalue weighted by Crippen LogP contribution is 2.37. The molecule has 6 heteroatoms. The molecule has 1 saturated carbocycles. The van der Waals surface area contributed by atoms with Crippen molar-refractivity contribution in [3.8, 4) is 5.75 Å². The highest BCUT2D eigenvalue weighted by molar-refractivity contribution is 5.85. The summed E-state index contributed by atoms with van der Waals surface area (Å²) in [6.07, 6.45) is 4.52. The zero-order valence-electron chi connectivity index (χ0n) is 15.6. The lowest BCUT2D eigenvalue weighted by molar-refractivity contribution is -0.130. The van der Waals surface area contributed by atoms with E-state index in [2.05, 4.69) is 12.1 Å². The summed E-state index contributed by atoms with van der Waals surface area (Å²) in [6, 6.07) is 8.38. The number of nitrogens with zero attached hydrogens (tertiary/aromatic N) is 1. The third kappa shape index (κ3) is 5.35. The molecule has 26 heavy (non-hydrogen) atoms. The fourth-order valence-corrected chi connectivity index (χ4v) is 4.05. The van der Waals surface area contributed by atoms with E-state index in [0.29, 0.717) is 24.9 Å². The third-order valence-electron chi connectivity index (χ3n) is 5.59. The van der Waals surface area contributed by atoms with Crippen LogP contribution in [0.2, 0.25) is 0 Å². The molecular weight excluding hydrogens is 352 g/mol. The number of hydrogen-bond acceptors (Lipinski definition) is 4. The molecule has 146 valence electrons. The largest absolute Gasteiger partial charge is 0.494 e. The van der Waals surface area contributed by atoms with Gasteiger partial charge in [0.25, 0.3) is 0 Å². The summed E-state index contributed by atoms with van der Waals surface area (Å²) in [6.45, 7) is 3.06. The lowest BCUT2D eigenvalue weighted by Gasteiger charge is -2.18. The van der Waals surface area contributed by atoms with E-state index in [4.69, 9.17) is 15.2 Å². The van der Waals surface area contributed by atoms with E-state index < -0.39 is 0 Å². The van der Waals surface area contributed by atoms with Crippen molar-refractivity contribution in [3.63, 3.8) is 0 Å². The minimum Gasteiger partial charge on any atom is -0.494 e. The smallest absolute Gasteiger partial charge is 0.222 e. The van der Waals surface area contributed by atoms with Crippen LogP contribution in [-0.4, -0.2) is 50.3 Å². The van der Waals surface area contributed by atoms with Crippen LogP contribution < -0.4 is 10.5 Å². The van der Waals surface area contributed by atoms with Crippen molar-refractivity contribution < 1.29 is 14.3 Å². The predicted octanol–water partition coefficient (Wildman–Crippen LogP) is 2.65. The first-order chi connectivity index (χ1) is 12.2. The maximum Gasteiger partial charge on any atom is 0.222 e. The fraction of sp³-hybridized carbons (Fsp3) is 0.650. The number of amides is 1. The molecule has 0 bridgehead atoms. The maximum absolute atomic E-state index is 12.4. The number of methoxy groups -OCH3 is 1. The summed E-state index contributed by atoms with van der Waals surface area (Å²) in [4.78, 5) is 14.4. The molecule has 1 aromatic rings. The summed E-state index contributed by atoms with van der Waals surface area (Å²) in [7, 11) is 1.71. The Morgan fingerprint density at radius 3 is 2.65 bits per heavy atom. The van der Waals surface area contributed by atoms with Crippen LogP contribution in [0.25, 0.3) is 0 Å². The van der Waals surface area contributed by atoms with Crippen molar-refractivity contribution in [2.75, 3.05) is 33.4 Å². The highest BCUT2D eigenvalue weighted by atomic mass is 35.5. The molecule has 3 rings (SSSR count). The van der Waals surface area contributed by atoms with E-state index >= 15 is 0 Å². The second kappa shape index (κ2) is 10.1. The van der Waals surface area contributed by atoms with Gasteiger partial charge in [-0.1, -0.05) is 12.1 Å². The first kappa shape index (κ1) is 21.0. The summed E-state index contributed by atoms with van der Waals surface area (Å²) in [5, 5.41) is 0. The Bertz CT molecular complexity index is 567.